The van der Waals surface area contributed by atoms with Crippen molar-refractivity contribution >= 4 is 29.1 Å². The third-order valence-electron chi connectivity index (χ3n) is 5.12. The first-order chi connectivity index (χ1) is 14.3. The third-order valence-corrected chi connectivity index (χ3v) is 5.63. The Labute approximate surface area is 173 Å². The molecule has 2 aliphatic heterocycles. The molecule has 0 saturated carbocycles. The molecule has 2 aliphatic rings. The van der Waals surface area contributed by atoms with Gasteiger partial charge in [-0.3, -0.25) is 9.88 Å². The van der Waals surface area contributed by atoms with Crippen LogP contribution >= 0.6 is 11.7 Å². The van der Waals surface area contributed by atoms with E-state index < -0.39 is 0 Å². The summed E-state index contributed by atoms with van der Waals surface area (Å²) in [6.07, 6.45) is 3.58. The van der Waals surface area contributed by atoms with Crippen LogP contribution in [0.2, 0.25) is 0 Å². The van der Waals surface area contributed by atoms with Gasteiger partial charge in [0.1, 0.15) is 12.7 Å². The van der Waals surface area contributed by atoms with Crippen LogP contribution in [-0.4, -0.2) is 64.1 Å². The molecule has 0 unspecified atom stereocenters. The highest BCUT2D eigenvalue weighted by Crippen LogP contribution is 2.31. The molecule has 1 N–H and O–H groups in total. The second kappa shape index (κ2) is 8.22. The van der Waals surface area contributed by atoms with Crippen LogP contribution in [0.15, 0.2) is 48.8 Å². The van der Waals surface area contributed by atoms with Gasteiger partial charge in [-0.2, -0.15) is 8.75 Å². The minimum absolute atomic E-state index is 0.0568. The molecule has 0 radical (unpaired) electrons. The van der Waals surface area contributed by atoms with Gasteiger partial charge in [0.05, 0.1) is 11.7 Å². The first-order valence-corrected chi connectivity index (χ1v) is 10.4. The highest BCUT2D eigenvalue weighted by atomic mass is 32.1. The number of hydrogen-bond donors (Lipinski definition) is 1. The molecule has 5 rings (SSSR count). The first-order valence-electron chi connectivity index (χ1n) is 9.70. The van der Waals surface area contributed by atoms with Gasteiger partial charge in [0.25, 0.3) is 0 Å². The van der Waals surface area contributed by atoms with Crippen LogP contribution in [0.1, 0.15) is 0 Å². The summed E-state index contributed by atoms with van der Waals surface area (Å²) in [5.74, 6) is 3.38. The highest BCUT2D eigenvalue weighted by molar-refractivity contribution is 6.99. The zero-order valence-corrected chi connectivity index (χ0v) is 16.7. The molecule has 3 aromatic rings. The van der Waals surface area contributed by atoms with E-state index in [4.69, 9.17) is 9.47 Å². The Balaban J connectivity index is 1.16. The largest absolute Gasteiger partial charge is 0.486 e. The number of para-hydroxylation sites is 2. The lowest BCUT2D eigenvalue weighted by Gasteiger charge is -2.37. The molecule has 0 spiro atoms. The number of hydrogen-bond acceptors (Lipinski definition) is 9. The van der Waals surface area contributed by atoms with Crippen molar-refractivity contribution in [1.82, 2.24) is 18.6 Å². The van der Waals surface area contributed by atoms with Crippen molar-refractivity contribution in [3.63, 3.8) is 0 Å². The van der Waals surface area contributed by atoms with Gasteiger partial charge < -0.3 is 19.7 Å². The smallest absolute Gasteiger partial charge is 0.188 e. The van der Waals surface area contributed by atoms with Gasteiger partial charge in [-0.05, 0) is 24.3 Å². The Morgan fingerprint density at radius 2 is 1.79 bits per heavy atom. The normalized spacial score (nSPS) is 19.2. The van der Waals surface area contributed by atoms with Crippen LogP contribution in [0.5, 0.6) is 11.5 Å². The van der Waals surface area contributed by atoms with E-state index in [0.29, 0.717) is 6.61 Å². The van der Waals surface area contributed by atoms with E-state index >= 15 is 0 Å². The number of fused-ring (bicyclic) bond motifs is 1. The van der Waals surface area contributed by atoms with Crippen LogP contribution in [0.4, 0.5) is 17.3 Å². The number of piperazine rings is 1. The maximum atomic E-state index is 6.10. The molecule has 0 amide bonds. The molecule has 1 fully saturated rings. The van der Waals surface area contributed by atoms with Crippen molar-refractivity contribution in [3.8, 4) is 11.5 Å². The van der Waals surface area contributed by atoms with Crippen molar-refractivity contribution < 1.29 is 9.47 Å². The topological polar surface area (TPSA) is 75.6 Å². The molecule has 29 heavy (non-hydrogen) atoms. The molecule has 0 bridgehead atoms. The summed E-state index contributed by atoms with van der Waals surface area (Å²) in [5.41, 5.74) is 0.960. The Kier molecular flexibility index (Phi) is 5.14. The summed E-state index contributed by atoms with van der Waals surface area (Å²) in [5, 5.41) is 3.34. The van der Waals surface area contributed by atoms with E-state index in [2.05, 4.69) is 28.8 Å². The lowest BCUT2D eigenvalue weighted by Crippen LogP contribution is -2.50. The Hall–Kier alpha value is -2.91. The molecule has 0 aliphatic carbocycles. The van der Waals surface area contributed by atoms with Crippen LogP contribution in [0.3, 0.4) is 0 Å². The number of nitrogens with one attached hydrogen (secondary N) is 1. The number of anilines is 3. The fourth-order valence-electron chi connectivity index (χ4n) is 3.63. The average Bonchev–Trinajstić information content (AvgIpc) is 3.23. The molecule has 8 nitrogen and oxygen atoms in total. The summed E-state index contributed by atoms with van der Waals surface area (Å²) in [7, 11) is 0. The summed E-state index contributed by atoms with van der Waals surface area (Å²) >= 11 is 1.23. The molecular weight excluding hydrogens is 388 g/mol. The van der Waals surface area contributed by atoms with Crippen molar-refractivity contribution in [2.45, 2.75) is 6.10 Å². The SMILES string of the molecule is c1ccc2c(c1)OC[C@H](CN1CCN(c3nsnc3Nc3ccncc3)CC1)O2. The third kappa shape index (κ3) is 4.10. The zero-order chi connectivity index (χ0) is 19.5. The lowest BCUT2D eigenvalue weighted by molar-refractivity contribution is 0.0571. The minimum Gasteiger partial charge on any atom is -0.486 e. The van der Waals surface area contributed by atoms with Crippen molar-refractivity contribution in [3.05, 3.63) is 48.8 Å². The number of rotatable bonds is 5. The average molecular weight is 411 g/mol. The van der Waals surface area contributed by atoms with Crippen molar-refractivity contribution in [1.29, 1.82) is 0 Å². The highest BCUT2D eigenvalue weighted by Gasteiger charge is 2.27. The maximum Gasteiger partial charge on any atom is 0.188 e. The summed E-state index contributed by atoms with van der Waals surface area (Å²) in [4.78, 5) is 8.76. The van der Waals surface area contributed by atoms with Crippen LogP contribution < -0.4 is 19.7 Å². The van der Waals surface area contributed by atoms with Gasteiger partial charge in [0.15, 0.2) is 23.1 Å². The van der Waals surface area contributed by atoms with Gasteiger partial charge in [0, 0.05) is 50.8 Å². The van der Waals surface area contributed by atoms with E-state index in [0.717, 1.165) is 61.5 Å². The standard InChI is InChI=1S/C20H22N6O2S/c1-2-4-18-17(3-1)27-14-16(28-18)13-25-9-11-26(12-10-25)20-19(23-29-24-20)22-15-5-7-21-8-6-15/h1-8,16H,9-14H2,(H,21,22,23)/t16-/m0/s1. The van der Waals surface area contributed by atoms with E-state index in [1.54, 1.807) is 12.4 Å². The number of nitrogens with zero attached hydrogens (tertiary/aromatic N) is 5. The van der Waals surface area contributed by atoms with Crippen molar-refractivity contribution in [2.24, 2.45) is 0 Å². The van der Waals surface area contributed by atoms with Gasteiger partial charge in [0.2, 0.25) is 0 Å². The summed E-state index contributed by atoms with van der Waals surface area (Å²) in [6, 6.07) is 11.7. The zero-order valence-electron chi connectivity index (χ0n) is 15.9. The lowest BCUT2D eigenvalue weighted by atomic mass is 10.2. The molecule has 9 heteroatoms. The van der Waals surface area contributed by atoms with E-state index in [1.807, 2.05) is 36.4 Å². The maximum absolute atomic E-state index is 6.10. The number of benzene rings is 1. The molecule has 150 valence electrons. The van der Waals surface area contributed by atoms with Gasteiger partial charge in [-0.1, -0.05) is 12.1 Å². The van der Waals surface area contributed by atoms with E-state index in [1.165, 1.54) is 11.7 Å². The number of ether oxygens (including phenoxy) is 2. The fraction of sp³-hybridized carbons (Fsp3) is 0.350. The fourth-order valence-corrected chi connectivity index (χ4v) is 4.15. The number of aromatic nitrogens is 3. The molecule has 1 saturated heterocycles. The predicted octanol–water partition coefficient (Wildman–Crippen LogP) is 2.64. The van der Waals surface area contributed by atoms with E-state index in [9.17, 15) is 0 Å². The van der Waals surface area contributed by atoms with E-state index in [-0.39, 0.29) is 6.10 Å². The Morgan fingerprint density at radius 3 is 2.62 bits per heavy atom. The Bertz CT molecular complexity index is 945. The van der Waals surface area contributed by atoms with Crippen molar-refractivity contribution in [2.75, 3.05) is 49.5 Å². The molecule has 1 aromatic carbocycles. The number of pyridine rings is 1. The molecule has 1 atom stereocenters. The van der Waals surface area contributed by atoms with Gasteiger partial charge >= 0.3 is 0 Å². The summed E-state index contributed by atoms with van der Waals surface area (Å²) in [6.45, 7) is 5.16. The first kappa shape index (κ1) is 18.1. The quantitative estimate of drug-likeness (QED) is 0.688. The second-order valence-corrected chi connectivity index (χ2v) is 7.61. The van der Waals surface area contributed by atoms with Gasteiger partial charge in [-0.15, -0.1) is 0 Å². The summed E-state index contributed by atoms with van der Waals surface area (Å²) < 4.78 is 20.9. The predicted molar refractivity (Wildman–Crippen MR) is 112 cm³/mol. The van der Waals surface area contributed by atoms with Crippen LogP contribution in [0, 0.1) is 0 Å². The van der Waals surface area contributed by atoms with Gasteiger partial charge in [-0.25, -0.2) is 0 Å². The minimum atomic E-state index is 0.0568. The monoisotopic (exact) mass is 410 g/mol. The molecular formula is C20H22N6O2S. The molecule has 2 aromatic heterocycles. The molecule has 4 heterocycles. The Morgan fingerprint density at radius 1 is 1.00 bits per heavy atom. The van der Waals surface area contributed by atoms with Crippen LogP contribution in [0.25, 0.3) is 0 Å². The second-order valence-electron chi connectivity index (χ2n) is 7.08. The van der Waals surface area contributed by atoms with Crippen LogP contribution in [-0.2, 0) is 0 Å².